The molecular formula is C14H18O3. The average molecular weight is 234 g/mol. The summed E-state index contributed by atoms with van der Waals surface area (Å²) in [5.41, 5.74) is 1.48. The van der Waals surface area contributed by atoms with Crippen molar-refractivity contribution in [1.82, 2.24) is 0 Å². The smallest absolute Gasteiger partial charge is 0.341 e. The van der Waals surface area contributed by atoms with Crippen LogP contribution in [0.15, 0.2) is 24.3 Å². The van der Waals surface area contributed by atoms with Gasteiger partial charge in [0.1, 0.15) is 0 Å². The molecule has 0 N–H and O–H groups in total. The van der Waals surface area contributed by atoms with Crippen LogP contribution in [0, 0.1) is 5.92 Å². The number of fused-ring (bicyclic) bond motifs is 1. The van der Waals surface area contributed by atoms with Crippen molar-refractivity contribution in [2.24, 2.45) is 5.92 Å². The van der Waals surface area contributed by atoms with Crippen LogP contribution in [0.5, 0.6) is 0 Å². The van der Waals surface area contributed by atoms with Crippen LogP contribution in [0.1, 0.15) is 48.9 Å². The van der Waals surface area contributed by atoms with E-state index in [4.69, 9.17) is 9.47 Å². The monoisotopic (exact) mass is 234 g/mol. The minimum Gasteiger partial charge on any atom is -0.428 e. The van der Waals surface area contributed by atoms with Crippen LogP contribution in [-0.2, 0) is 9.47 Å². The van der Waals surface area contributed by atoms with Crippen molar-refractivity contribution in [3.05, 3.63) is 35.4 Å². The molecule has 2 rings (SSSR count). The normalized spacial score (nSPS) is 18.3. The molecule has 0 spiro atoms. The fraction of sp³-hybridized carbons (Fsp3) is 0.500. The van der Waals surface area contributed by atoms with E-state index in [0.29, 0.717) is 18.1 Å². The second kappa shape index (κ2) is 5.32. The van der Waals surface area contributed by atoms with Gasteiger partial charge in [-0.15, -0.1) is 0 Å². The van der Waals surface area contributed by atoms with Gasteiger partial charge in [-0.05, 0) is 12.0 Å². The van der Waals surface area contributed by atoms with E-state index in [0.717, 1.165) is 18.4 Å². The van der Waals surface area contributed by atoms with Crippen molar-refractivity contribution in [2.45, 2.75) is 33.0 Å². The summed E-state index contributed by atoms with van der Waals surface area (Å²) in [6.07, 6.45) is 1.65. The lowest BCUT2D eigenvalue weighted by molar-refractivity contribution is -0.113. The number of esters is 1. The van der Waals surface area contributed by atoms with E-state index in [1.807, 2.05) is 18.2 Å². The largest absolute Gasteiger partial charge is 0.428 e. The van der Waals surface area contributed by atoms with E-state index in [1.165, 1.54) is 0 Å². The predicted octanol–water partition coefficient (Wildman–Crippen LogP) is 3.31. The lowest BCUT2D eigenvalue weighted by atomic mass is 10.1. The number of hydrogen-bond acceptors (Lipinski definition) is 3. The minimum atomic E-state index is -0.515. The molecule has 1 aliphatic heterocycles. The fourth-order valence-corrected chi connectivity index (χ4v) is 1.98. The Kier molecular flexibility index (Phi) is 3.79. The summed E-state index contributed by atoms with van der Waals surface area (Å²) in [7, 11) is 0. The van der Waals surface area contributed by atoms with E-state index in [2.05, 4.69) is 13.8 Å². The summed E-state index contributed by atoms with van der Waals surface area (Å²) in [5, 5.41) is 0. The molecule has 0 saturated heterocycles. The Balaban J connectivity index is 2.03. The van der Waals surface area contributed by atoms with E-state index < -0.39 is 6.29 Å². The van der Waals surface area contributed by atoms with Gasteiger partial charge in [-0.1, -0.05) is 44.9 Å². The first kappa shape index (κ1) is 12.1. The van der Waals surface area contributed by atoms with Crippen molar-refractivity contribution in [3.63, 3.8) is 0 Å². The Morgan fingerprint density at radius 3 is 2.71 bits per heavy atom. The summed E-state index contributed by atoms with van der Waals surface area (Å²) in [5.74, 6) is 0.247. The van der Waals surface area contributed by atoms with Gasteiger partial charge in [0.15, 0.2) is 0 Å². The molecule has 1 heterocycles. The number of rotatable bonds is 5. The molecular weight excluding hydrogens is 216 g/mol. The molecule has 1 aromatic rings. The highest BCUT2D eigenvalue weighted by Gasteiger charge is 2.31. The van der Waals surface area contributed by atoms with E-state index in [9.17, 15) is 4.79 Å². The number of cyclic esters (lactones) is 1. The predicted molar refractivity (Wildman–Crippen MR) is 64.6 cm³/mol. The molecule has 1 aromatic carbocycles. The SMILES string of the molecule is CCC(CC)COC1OC(=O)c2ccccc21. The maximum atomic E-state index is 11.6. The van der Waals surface area contributed by atoms with Gasteiger partial charge in [-0.2, -0.15) is 0 Å². The van der Waals surface area contributed by atoms with Crippen molar-refractivity contribution in [2.75, 3.05) is 6.61 Å². The van der Waals surface area contributed by atoms with Gasteiger partial charge in [-0.25, -0.2) is 4.79 Å². The number of ether oxygens (including phenoxy) is 2. The molecule has 3 nitrogen and oxygen atoms in total. The van der Waals surface area contributed by atoms with Gasteiger partial charge in [-0.3, -0.25) is 0 Å². The summed E-state index contributed by atoms with van der Waals surface area (Å²) in [6.45, 7) is 4.93. The van der Waals surface area contributed by atoms with Crippen LogP contribution in [0.25, 0.3) is 0 Å². The average Bonchev–Trinajstić information content (AvgIpc) is 2.69. The zero-order valence-electron chi connectivity index (χ0n) is 10.3. The first-order chi connectivity index (χ1) is 8.26. The number of carbonyl (C=O) groups excluding carboxylic acids is 1. The molecule has 0 aliphatic carbocycles. The van der Waals surface area contributed by atoms with Gasteiger partial charge in [0.2, 0.25) is 6.29 Å². The molecule has 0 aromatic heterocycles. The van der Waals surface area contributed by atoms with Crippen LogP contribution in [-0.4, -0.2) is 12.6 Å². The van der Waals surface area contributed by atoms with Gasteiger partial charge < -0.3 is 9.47 Å². The Hall–Kier alpha value is -1.35. The molecule has 3 heteroatoms. The Morgan fingerprint density at radius 2 is 2.00 bits per heavy atom. The fourth-order valence-electron chi connectivity index (χ4n) is 1.98. The minimum absolute atomic E-state index is 0.282. The summed E-state index contributed by atoms with van der Waals surface area (Å²) >= 11 is 0. The molecule has 1 atom stereocenters. The highest BCUT2D eigenvalue weighted by Crippen LogP contribution is 2.31. The van der Waals surface area contributed by atoms with Crippen LogP contribution in [0.3, 0.4) is 0 Å². The first-order valence-electron chi connectivity index (χ1n) is 6.17. The lowest BCUT2D eigenvalue weighted by Gasteiger charge is -2.16. The summed E-state index contributed by atoms with van der Waals surface area (Å²) in [6, 6.07) is 7.40. The Bertz CT molecular complexity index is 396. The molecule has 0 bridgehead atoms. The highest BCUT2D eigenvalue weighted by molar-refractivity contribution is 5.93. The van der Waals surface area contributed by atoms with Crippen LogP contribution < -0.4 is 0 Å². The summed E-state index contributed by atoms with van der Waals surface area (Å²) < 4.78 is 10.9. The molecule has 0 radical (unpaired) electrons. The second-order valence-electron chi connectivity index (χ2n) is 4.34. The van der Waals surface area contributed by atoms with Crippen molar-refractivity contribution in [1.29, 1.82) is 0 Å². The number of hydrogen-bond donors (Lipinski definition) is 0. The molecule has 1 aliphatic rings. The molecule has 92 valence electrons. The van der Waals surface area contributed by atoms with Crippen molar-refractivity contribution in [3.8, 4) is 0 Å². The van der Waals surface area contributed by atoms with Crippen LogP contribution in [0.4, 0.5) is 0 Å². The quantitative estimate of drug-likeness (QED) is 0.733. The zero-order valence-corrected chi connectivity index (χ0v) is 10.3. The maximum Gasteiger partial charge on any atom is 0.341 e. The third-order valence-corrected chi connectivity index (χ3v) is 3.29. The second-order valence-corrected chi connectivity index (χ2v) is 4.34. The van der Waals surface area contributed by atoms with Gasteiger partial charge in [0, 0.05) is 5.56 Å². The van der Waals surface area contributed by atoms with Gasteiger partial charge in [0.25, 0.3) is 0 Å². The number of carbonyl (C=O) groups is 1. The number of benzene rings is 1. The standard InChI is InChI=1S/C14H18O3/c1-3-10(4-2)9-16-14-12-8-6-5-7-11(12)13(15)17-14/h5-8,10,14H,3-4,9H2,1-2H3. The molecule has 1 unspecified atom stereocenters. The van der Waals surface area contributed by atoms with Gasteiger partial charge >= 0.3 is 5.97 Å². The van der Waals surface area contributed by atoms with Crippen LogP contribution >= 0.6 is 0 Å². The van der Waals surface area contributed by atoms with Crippen molar-refractivity contribution >= 4 is 5.97 Å². The molecule has 17 heavy (non-hydrogen) atoms. The third kappa shape index (κ3) is 2.50. The van der Waals surface area contributed by atoms with E-state index in [1.54, 1.807) is 6.07 Å². The third-order valence-electron chi connectivity index (χ3n) is 3.29. The Labute approximate surface area is 102 Å². The summed E-state index contributed by atoms with van der Waals surface area (Å²) in [4.78, 5) is 11.6. The first-order valence-corrected chi connectivity index (χ1v) is 6.17. The van der Waals surface area contributed by atoms with E-state index >= 15 is 0 Å². The molecule has 0 saturated carbocycles. The molecule has 0 amide bonds. The zero-order chi connectivity index (χ0) is 12.3. The highest BCUT2D eigenvalue weighted by atomic mass is 16.7. The van der Waals surface area contributed by atoms with Crippen molar-refractivity contribution < 1.29 is 14.3 Å². The van der Waals surface area contributed by atoms with Crippen LogP contribution in [0.2, 0.25) is 0 Å². The van der Waals surface area contributed by atoms with Gasteiger partial charge in [0.05, 0.1) is 12.2 Å². The Morgan fingerprint density at radius 1 is 1.29 bits per heavy atom. The lowest BCUT2D eigenvalue weighted by Crippen LogP contribution is -2.12. The molecule has 0 fully saturated rings. The van der Waals surface area contributed by atoms with E-state index in [-0.39, 0.29) is 5.97 Å². The topological polar surface area (TPSA) is 35.5 Å². The maximum absolute atomic E-state index is 11.6.